The molecule has 0 aliphatic heterocycles. The van der Waals surface area contributed by atoms with Crippen LogP contribution in [0.2, 0.25) is 0 Å². The van der Waals surface area contributed by atoms with Gasteiger partial charge in [-0.25, -0.2) is 4.79 Å². The van der Waals surface area contributed by atoms with Crippen molar-refractivity contribution in [3.05, 3.63) is 23.8 Å². The lowest BCUT2D eigenvalue weighted by atomic mass is 10.2. The Morgan fingerprint density at radius 2 is 2.31 bits per heavy atom. The molecule has 3 nitrogen and oxygen atoms in total. The van der Waals surface area contributed by atoms with Crippen LogP contribution in [0, 0.1) is 0 Å². The zero-order valence-corrected chi connectivity index (χ0v) is 8.17. The van der Waals surface area contributed by atoms with Crippen LogP contribution in [0.15, 0.2) is 23.1 Å². The van der Waals surface area contributed by atoms with Crippen molar-refractivity contribution in [1.82, 2.24) is 0 Å². The molecule has 1 aromatic carbocycles. The van der Waals surface area contributed by atoms with Crippen molar-refractivity contribution in [3.63, 3.8) is 0 Å². The molecule has 1 aromatic rings. The number of carbonyl (C=O) groups excluding carboxylic acids is 1. The Hall–Kier alpha value is -1.16. The molecule has 70 valence electrons. The number of benzene rings is 1. The van der Waals surface area contributed by atoms with Gasteiger partial charge in [0, 0.05) is 4.90 Å². The van der Waals surface area contributed by atoms with Crippen LogP contribution in [0.1, 0.15) is 17.3 Å². The lowest BCUT2D eigenvalue weighted by molar-refractivity contribution is 0.0527. The molecular formula is C9H11NO2S. The van der Waals surface area contributed by atoms with E-state index in [2.05, 4.69) is 12.6 Å². The Kier molecular flexibility index (Phi) is 3.19. The van der Waals surface area contributed by atoms with Gasteiger partial charge < -0.3 is 10.5 Å². The van der Waals surface area contributed by atoms with E-state index < -0.39 is 5.97 Å². The number of rotatable bonds is 2. The van der Waals surface area contributed by atoms with Crippen molar-refractivity contribution in [2.75, 3.05) is 12.3 Å². The molecular weight excluding hydrogens is 186 g/mol. The molecule has 13 heavy (non-hydrogen) atoms. The van der Waals surface area contributed by atoms with Gasteiger partial charge in [0.25, 0.3) is 0 Å². The molecule has 0 atom stereocenters. The van der Waals surface area contributed by atoms with E-state index in [1.54, 1.807) is 25.1 Å². The number of hydrogen-bond acceptors (Lipinski definition) is 4. The molecule has 0 aliphatic carbocycles. The number of nitrogen functional groups attached to an aromatic ring is 1. The van der Waals surface area contributed by atoms with Gasteiger partial charge in [0.2, 0.25) is 0 Å². The molecule has 0 aliphatic rings. The molecule has 2 N–H and O–H groups in total. The second-order valence-electron chi connectivity index (χ2n) is 2.46. The number of ether oxygens (including phenoxy) is 1. The van der Waals surface area contributed by atoms with Crippen LogP contribution in [-0.4, -0.2) is 12.6 Å². The largest absolute Gasteiger partial charge is 0.462 e. The first kappa shape index (κ1) is 9.92. The number of hydrogen-bond donors (Lipinski definition) is 2. The van der Waals surface area contributed by atoms with Gasteiger partial charge in [0.1, 0.15) is 0 Å². The highest BCUT2D eigenvalue weighted by molar-refractivity contribution is 7.80. The van der Waals surface area contributed by atoms with Gasteiger partial charge in [0.15, 0.2) is 0 Å². The molecule has 0 spiro atoms. The predicted molar refractivity (Wildman–Crippen MR) is 54.1 cm³/mol. The highest BCUT2D eigenvalue weighted by Gasteiger charge is 2.11. The second kappa shape index (κ2) is 4.18. The van der Waals surface area contributed by atoms with Gasteiger partial charge >= 0.3 is 5.97 Å². The van der Waals surface area contributed by atoms with E-state index in [1.165, 1.54) is 0 Å². The maximum Gasteiger partial charge on any atom is 0.340 e. The van der Waals surface area contributed by atoms with Crippen LogP contribution in [0.4, 0.5) is 5.69 Å². The lowest BCUT2D eigenvalue weighted by Crippen LogP contribution is -2.08. The van der Waals surface area contributed by atoms with Crippen LogP contribution in [0.3, 0.4) is 0 Å². The fourth-order valence-electron chi connectivity index (χ4n) is 0.940. The normalized spacial score (nSPS) is 9.69. The summed E-state index contributed by atoms with van der Waals surface area (Å²) in [5, 5.41) is 0. The van der Waals surface area contributed by atoms with Crippen molar-refractivity contribution in [2.45, 2.75) is 11.8 Å². The first-order chi connectivity index (χ1) is 6.16. The smallest absolute Gasteiger partial charge is 0.340 e. The van der Waals surface area contributed by atoms with Crippen molar-refractivity contribution in [2.24, 2.45) is 0 Å². The summed E-state index contributed by atoms with van der Waals surface area (Å²) in [6, 6.07) is 5.05. The minimum Gasteiger partial charge on any atom is -0.462 e. The molecule has 0 heterocycles. The fraction of sp³-hybridized carbons (Fsp3) is 0.222. The summed E-state index contributed by atoms with van der Waals surface area (Å²) in [6.07, 6.45) is 0. The number of esters is 1. The Balaban J connectivity index is 3.01. The van der Waals surface area contributed by atoms with Crippen LogP contribution in [0.25, 0.3) is 0 Å². The molecule has 4 heteroatoms. The van der Waals surface area contributed by atoms with E-state index in [-0.39, 0.29) is 0 Å². The van der Waals surface area contributed by atoms with Crippen LogP contribution < -0.4 is 5.73 Å². The SMILES string of the molecule is CCOC(=O)c1cccc(S)c1N. The molecule has 0 bridgehead atoms. The van der Waals surface area contributed by atoms with E-state index >= 15 is 0 Å². The highest BCUT2D eigenvalue weighted by Crippen LogP contribution is 2.21. The Bertz CT molecular complexity index is 325. The van der Waals surface area contributed by atoms with Gasteiger partial charge in [-0.3, -0.25) is 0 Å². The molecule has 1 rings (SSSR count). The first-order valence-corrected chi connectivity index (χ1v) is 4.36. The van der Waals surface area contributed by atoms with Crippen LogP contribution in [0.5, 0.6) is 0 Å². The van der Waals surface area contributed by atoms with E-state index in [4.69, 9.17) is 10.5 Å². The minimum absolute atomic E-state index is 0.342. The summed E-state index contributed by atoms with van der Waals surface area (Å²) in [4.78, 5) is 11.9. The maximum atomic E-state index is 11.3. The number of carbonyl (C=O) groups is 1. The van der Waals surface area contributed by atoms with Crippen LogP contribution >= 0.6 is 12.6 Å². The lowest BCUT2D eigenvalue weighted by Gasteiger charge is -2.06. The summed E-state index contributed by atoms with van der Waals surface area (Å²) in [6.45, 7) is 2.09. The predicted octanol–water partition coefficient (Wildman–Crippen LogP) is 1.73. The first-order valence-electron chi connectivity index (χ1n) is 3.91. The van der Waals surface area contributed by atoms with Crippen LogP contribution in [-0.2, 0) is 4.74 Å². The Labute approximate surface area is 82.3 Å². The fourth-order valence-corrected chi connectivity index (χ4v) is 1.15. The Morgan fingerprint density at radius 1 is 1.62 bits per heavy atom. The molecule has 0 saturated carbocycles. The van der Waals surface area contributed by atoms with Gasteiger partial charge in [0.05, 0.1) is 17.9 Å². The molecule has 0 unspecified atom stereocenters. The third-order valence-corrected chi connectivity index (χ3v) is 1.97. The quantitative estimate of drug-likeness (QED) is 0.431. The average Bonchev–Trinajstić information content (AvgIpc) is 2.10. The van der Waals surface area contributed by atoms with Gasteiger partial charge in [-0.1, -0.05) is 6.07 Å². The summed E-state index contributed by atoms with van der Waals surface area (Å²) in [5.41, 5.74) is 6.37. The molecule has 0 saturated heterocycles. The maximum absolute atomic E-state index is 11.3. The van der Waals surface area contributed by atoms with E-state index in [0.29, 0.717) is 22.8 Å². The monoisotopic (exact) mass is 197 g/mol. The van der Waals surface area contributed by atoms with E-state index in [9.17, 15) is 4.79 Å². The average molecular weight is 197 g/mol. The summed E-state index contributed by atoms with van der Waals surface area (Å²) in [7, 11) is 0. The summed E-state index contributed by atoms with van der Waals surface area (Å²) in [5.74, 6) is -0.407. The van der Waals surface area contributed by atoms with Gasteiger partial charge in [-0.05, 0) is 19.1 Å². The molecule has 0 aromatic heterocycles. The van der Waals surface area contributed by atoms with Gasteiger partial charge in [-0.2, -0.15) is 0 Å². The van der Waals surface area contributed by atoms with E-state index in [1.807, 2.05) is 0 Å². The van der Waals surface area contributed by atoms with Crippen molar-refractivity contribution in [3.8, 4) is 0 Å². The third-order valence-electron chi connectivity index (χ3n) is 1.58. The van der Waals surface area contributed by atoms with Crippen molar-refractivity contribution in [1.29, 1.82) is 0 Å². The zero-order chi connectivity index (χ0) is 9.84. The molecule has 0 amide bonds. The zero-order valence-electron chi connectivity index (χ0n) is 7.28. The summed E-state index contributed by atoms with van der Waals surface area (Å²) >= 11 is 4.10. The minimum atomic E-state index is -0.407. The highest BCUT2D eigenvalue weighted by atomic mass is 32.1. The van der Waals surface area contributed by atoms with Crippen molar-refractivity contribution >= 4 is 24.3 Å². The number of nitrogens with two attached hydrogens (primary N) is 1. The third kappa shape index (κ3) is 2.15. The van der Waals surface area contributed by atoms with Gasteiger partial charge in [-0.15, -0.1) is 12.6 Å². The Morgan fingerprint density at radius 3 is 2.92 bits per heavy atom. The number of anilines is 1. The molecule has 0 radical (unpaired) electrons. The number of thiol groups is 1. The number of para-hydroxylation sites is 1. The topological polar surface area (TPSA) is 52.3 Å². The van der Waals surface area contributed by atoms with Crippen molar-refractivity contribution < 1.29 is 9.53 Å². The van der Waals surface area contributed by atoms with E-state index in [0.717, 1.165) is 0 Å². The molecule has 0 fully saturated rings. The summed E-state index contributed by atoms with van der Waals surface area (Å²) < 4.78 is 4.81. The standard InChI is InChI=1S/C9H11NO2S/c1-2-12-9(11)6-4-3-5-7(13)8(6)10/h3-5,13H,2,10H2,1H3. The second-order valence-corrected chi connectivity index (χ2v) is 2.94.